The van der Waals surface area contributed by atoms with Gasteiger partial charge in [-0.1, -0.05) is 25.1 Å². The molecule has 0 aliphatic carbocycles. The Hall–Kier alpha value is -2.72. The lowest BCUT2D eigenvalue weighted by Gasteiger charge is -2.38. The third kappa shape index (κ3) is 5.74. The van der Waals surface area contributed by atoms with Gasteiger partial charge in [-0.3, -0.25) is 4.79 Å². The number of nitriles is 1. The first kappa shape index (κ1) is 23.9. The van der Waals surface area contributed by atoms with Crippen molar-refractivity contribution in [1.29, 1.82) is 5.26 Å². The van der Waals surface area contributed by atoms with Crippen LogP contribution in [0.25, 0.3) is 16.8 Å². The molecule has 2 aromatic rings. The van der Waals surface area contributed by atoms with Crippen molar-refractivity contribution in [3.8, 4) is 6.07 Å². The van der Waals surface area contributed by atoms with E-state index < -0.39 is 24.6 Å². The Morgan fingerprint density at radius 1 is 1.19 bits per heavy atom. The molecular weight excluding hydrogens is 404 g/mol. The number of benzene rings is 2. The van der Waals surface area contributed by atoms with E-state index in [1.54, 1.807) is 6.08 Å². The summed E-state index contributed by atoms with van der Waals surface area (Å²) >= 11 is 0. The molecule has 0 saturated carbocycles. The zero-order valence-corrected chi connectivity index (χ0v) is 18.7. The minimum Gasteiger partial charge on any atom is -0.394 e. The molecule has 0 aromatic heterocycles. The highest BCUT2D eigenvalue weighted by Crippen LogP contribution is 2.30. The molecule has 1 heterocycles. The molecule has 1 aliphatic rings. The van der Waals surface area contributed by atoms with E-state index in [1.165, 1.54) is 18.5 Å². The van der Waals surface area contributed by atoms with Crippen LogP contribution in [0.4, 0.5) is 5.69 Å². The zero-order chi connectivity index (χ0) is 23.3. The Balaban J connectivity index is 1.75. The number of aliphatic hydroxyl groups excluding tert-OH is 3. The fraction of sp³-hybridized carbons (Fsp3) is 0.462. The smallest absolute Gasteiger partial charge is 0.173 e. The lowest BCUT2D eigenvalue weighted by Crippen LogP contribution is -2.40. The molecule has 170 valence electrons. The first-order valence-electron chi connectivity index (χ1n) is 11.2. The van der Waals surface area contributed by atoms with E-state index in [0.29, 0.717) is 6.04 Å². The van der Waals surface area contributed by atoms with Gasteiger partial charge in [-0.15, -0.1) is 0 Å². The summed E-state index contributed by atoms with van der Waals surface area (Å²) in [5.41, 5.74) is 1.98. The average molecular weight is 437 g/mol. The SMILES string of the molecule is CC1CCN(c2ccc3cc(/C=C(\C#N)C(=O)CCC(O)C(O)CO)ccc3c2)C(C)C1. The van der Waals surface area contributed by atoms with Gasteiger partial charge in [-0.25, -0.2) is 0 Å². The molecule has 2 aromatic carbocycles. The summed E-state index contributed by atoms with van der Waals surface area (Å²) in [6, 6.07) is 14.7. The summed E-state index contributed by atoms with van der Waals surface area (Å²) in [6.07, 6.45) is 1.35. The molecule has 4 unspecified atom stereocenters. The number of piperidine rings is 1. The maximum atomic E-state index is 12.4. The topological polar surface area (TPSA) is 105 Å². The second-order valence-corrected chi connectivity index (χ2v) is 8.91. The van der Waals surface area contributed by atoms with Crippen molar-refractivity contribution in [2.75, 3.05) is 18.1 Å². The van der Waals surface area contributed by atoms with Crippen LogP contribution < -0.4 is 4.90 Å². The van der Waals surface area contributed by atoms with E-state index in [1.807, 2.05) is 24.3 Å². The van der Waals surface area contributed by atoms with Gasteiger partial charge in [0.25, 0.3) is 0 Å². The second-order valence-electron chi connectivity index (χ2n) is 8.91. The molecule has 6 nitrogen and oxygen atoms in total. The predicted molar refractivity (Wildman–Crippen MR) is 126 cm³/mol. The van der Waals surface area contributed by atoms with Crippen molar-refractivity contribution >= 4 is 28.3 Å². The highest BCUT2D eigenvalue weighted by molar-refractivity contribution is 6.03. The number of hydrogen-bond donors (Lipinski definition) is 3. The molecule has 1 fully saturated rings. The Kier molecular flexibility index (Phi) is 8.03. The lowest BCUT2D eigenvalue weighted by atomic mass is 9.92. The molecule has 3 N–H and O–H groups in total. The van der Waals surface area contributed by atoms with Gasteiger partial charge < -0.3 is 20.2 Å². The number of ketones is 1. The molecule has 32 heavy (non-hydrogen) atoms. The molecular formula is C26H32N2O4. The van der Waals surface area contributed by atoms with E-state index in [0.717, 1.165) is 28.8 Å². The van der Waals surface area contributed by atoms with E-state index >= 15 is 0 Å². The van der Waals surface area contributed by atoms with E-state index in [-0.39, 0.29) is 18.4 Å². The van der Waals surface area contributed by atoms with Crippen molar-refractivity contribution in [2.45, 2.75) is 57.8 Å². The van der Waals surface area contributed by atoms with Crippen LogP contribution in [0.15, 0.2) is 42.0 Å². The van der Waals surface area contributed by atoms with Crippen LogP contribution in [0.5, 0.6) is 0 Å². The quantitative estimate of drug-likeness (QED) is 0.433. The van der Waals surface area contributed by atoms with Gasteiger partial charge >= 0.3 is 0 Å². The maximum Gasteiger partial charge on any atom is 0.173 e. The van der Waals surface area contributed by atoms with Crippen LogP contribution in [0.3, 0.4) is 0 Å². The normalized spacial score (nSPS) is 21.2. The fourth-order valence-electron chi connectivity index (χ4n) is 4.38. The van der Waals surface area contributed by atoms with Crippen molar-refractivity contribution < 1.29 is 20.1 Å². The monoisotopic (exact) mass is 436 g/mol. The molecule has 4 atom stereocenters. The van der Waals surface area contributed by atoms with Crippen molar-refractivity contribution in [3.05, 3.63) is 47.5 Å². The van der Waals surface area contributed by atoms with Gasteiger partial charge in [-0.2, -0.15) is 5.26 Å². The van der Waals surface area contributed by atoms with Gasteiger partial charge in [0.2, 0.25) is 0 Å². The summed E-state index contributed by atoms with van der Waals surface area (Å²) in [5, 5.41) is 39.5. The van der Waals surface area contributed by atoms with Crippen LogP contribution in [-0.4, -0.2) is 52.5 Å². The van der Waals surface area contributed by atoms with E-state index in [2.05, 4.69) is 36.9 Å². The Morgan fingerprint density at radius 3 is 2.59 bits per heavy atom. The molecule has 0 spiro atoms. The predicted octanol–water partition coefficient (Wildman–Crippen LogP) is 3.43. The summed E-state index contributed by atoms with van der Waals surface area (Å²) in [4.78, 5) is 14.8. The standard InChI is InChI=1S/C26H32N2O4/c1-17-9-10-28(18(2)11-17)23-6-5-20-12-19(3-4-21(20)14-23)13-22(15-27)24(30)7-8-25(31)26(32)16-29/h3-6,12-14,17-18,25-26,29,31-32H,7-11,16H2,1-2H3/b22-13+. The molecule has 0 bridgehead atoms. The number of anilines is 1. The number of hydrogen-bond acceptors (Lipinski definition) is 6. The van der Waals surface area contributed by atoms with Crippen LogP contribution in [-0.2, 0) is 4.79 Å². The first-order chi connectivity index (χ1) is 15.3. The highest BCUT2D eigenvalue weighted by atomic mass is 16.4. The average Bonchev–Trinajstić information content (AvgIpc) is 2.79. The second kappa shape index (κ2) is 10.7. The number of carbonyl (C=O) groups is 1. The fourth-order valence-corrected chi connectivity index (χ4v) is 4.38. The molecule has 6 heteroatoms. The summed E-state index contributed by atoms with van der Waals surface area (Å²) in [6.45, 7) is 5.07. The lowest BCUT2D eigenvalue weighted by molar-refractivity contribution is -0.116. The molecule has 0 radical (unpaired) electrons. The van der Waals surface area contributed by atoms with Gasteiger partial charge in [0, 0.05) is 24.7 Å². The number of aliphatic hydroxyl groups is 3. The van der Waals surface area contributed by atoms with Crippen molar-refractivity contribution in [3.63, 3.8) is 0 Å². The summed E-state index contributed by atoms with van der Waals surface area (Å²) < 4.78 is 0. The van der Waals surface area contributed by atoms with Crippen LogP contribution >= 0.6 is 0 Å². The van der Waals surface area contributed by atoms with Crippen molar-refractivity contribution in [1.82, 2.24) is 0 Å². The highest BCUT2D eigenvalue weighted by Gasteiger charge is 2.23. The first-order valence-corrected chi connectivity index (χ1v) is 11.2. The third-order valence-corrected chi connectivity index (χ3v) is 6.35. The third-order valence-electron chi connectivity index (χ3n) is 6.35. The van der Waals surface area contributed by atoms with Gasteiger partial charge in [0.1, 0.15) is 12.2 Å². The molecule has 3 rings (SSSR count). The molecule has 0 amide bonds. The van der Waals surface area contributed by atoms with Crippen LogP contribution in [0.1, 0.15) is 45.1 Å². The number of allylic oxidation sites excluding steroid dienone is 1. The zero-order valence-electron chi connectivity index (χ0n) is 18.7. The largest absolute Gasteiger partial charge is 0.394 e. The molecule has 1 aliphatic heterocycles. The Bertz CT molecular complexity index is 1030. The van der Waals surface area contributed by atoms with Gasteiger partial charge in [0.05, 0.1) is 18.3 Å². The Labute approximate surface area is 189 Å². The minimum atomic E-state index is -1.29. The van der Waals surface area contributed by atoms with E-state index in [4.69, 9.17) is 5.11 Å². The molecule has 1 saturated heterocycles. The van der Waals surface area contributed by atoms with Crippen molar-refractivity contribution in [2.24, 2.45) is 5.92 Å². The minimum absolute atomic E-state index is 0.00270. The number of nitrogens with zero attached hydrogens (tertiary/aromatic N) is 2. The number of carbonyl (C=O) groups excluding carboxylic acids is 1. The van der Waals surface area contributed by atoms with Crippen LogP contribution in [0, 0.1) is 17.2 Å². The number of Topliss-reactive ketones (excluding diaryl/α,β-unsaturated/α-hetero) is 1. The Morgan fingerprint density at radius 2 is 1.91 bits per heavy atom. The summed E-state index contributed by atoms with van der Waals surface area (Å²) in [7, 11) is 0. The maximum absolute atomic E-state index is 12.4. The number of rotatable bonds is 8. The van der Waals surface area contributed by atoms with Gasteiger partial charge in [0.15, 0.2) is 5.78 Å². The summed E-state index contributed by atoms with van der Waals surface area (Å²) in [5.74, 6) is 0.358. The van der Waals surface area contributed by atoms with E-state index in [9.17, 15) is 20.3 Å². The van der Waals surface area contributed by atoms with Crippen LogP contribution in [0.2, 0.25) is 0 Å². The van der Waals surface area contributed by atoms with Gasteiger partial charge in [-0.05, 0) is 72.7 Å². The number of fused-ring (bicyclic) bond motifs is 1.